The van der Waals surface area contributed by atoms with Crippen molar-refractivity contribution in [2.24, 2.45) is 11.8 Å². The fourth-order valence-electron chi connectivity index (χ4n) is 2.32. The van der Waals surface area contributed by atoms with Gasteiger partial charge in [-0.3, -0.25) is 15.1 Å². The molecular formula is C16H27N3O. The van der Waals surface area contributed by atoms with Gasteiger partial charge in [0.25, 0.3) is 5.91 Å². The van der Waals surface area contributed by atoms with E-state index < -0.39 is 0 Å². The molecule has 4 heteroatoms. The smallest absolute Gasteiger partial charge is 0.265 e. The first-order valence-electron chi connectivity index (χ1n) is 7.46. The van der Waals surface area contributed by atoms with Crippen LogP contribution >= 0.6 is 0 Å². The molecule has 0 radical (unpaired) electrons. The van der Waals surface area contributed by atoms with Gasteiger partial charge in [0.2, 0.25) is 0 Å². The molecule has 0 heterocycles. The maximum Gasteiger partial charge on any atom is 0.265 e. The molecule has 0 aliphatic rings. The van der Waals surface area contributed by atoms with Gasteiger partial charge in [-0.15, -0.1) is 0 Å². The number of hydrogen-bond acceptors (Lipinski definition) is 3. The highest BCUT2D eigenvalue weighted by Crippen LogP contribution is 2.13. The second kappa shape index (κ2) is 8.72. The number of nitrogens with two attached hydrogens (primary N) is 1. The molecule has 0 atom stereocenters. The summed E-state index contributed by atoms with van der Waals surface area (Å²) in [6.07, 6.45) is 2.45. The van der Waals surface area contributed by atoms with Gasteiger partial charge in [-0.1, -0.05) is 45.7 Å². The first-order chi connectivity index (χ1) is 9.64. The summed E-state index contributed by atoms with van der Waals surface area (Å²) < 4.78 is 0. The highest BCUT2D eigenvalue weighted by molar-refractivity contribution is 5.93. The van der Waals surface area contributed by atoms with Gasteiger partial charge in [0.15, 0.2) is 0 Å². The van der Waals surface area contributed by atoms with Crippen LogP contribution in [0.1, 0.15) is 49.5 Å². The fourth-order valence-corrected chi connectivity index (χ4v) is 2.32. The largest absolute Gasteiger partial charge is 0.299 e. The van der Waals surface area contributed by atoms with Crippen molar-refractivity contribution >= 4 is 5.91 Å². The van der Waals surface area contributed by atoms with E-state index in [-0.39, 0.29) is 5.91 Å². The van der Waals surface area contributed by atoms with Crippen LogP contribution in [0.25, 0.3) is 0 Å². The van der Waals surface area contributed by atoms with Crippen LogP contribution in [-0.2, 0) is 6.54 Å². The molecule has 1 rings (SSSR count). The number of carbonyl (C=O) groups excluding carboxylic acids is 1. The van der Waals surface area contributed by atoms with Crippen LogP contribution in [0.4, 0.5) is 0 Å². The number of hydrazine groups is 1. The molecule has 0 unspecified atom stereocenters. The third kappa shape index (κ3) is 4.94. The summed E-state index contributed by atoms with van der Waals surface area (Å²) in [6.45, 7) is 9.80. The number of benzene rings is 1. The Hall–Kier alpha value is -1.39. The number of carbonyl (C=O) groups is 1. The fraction of sp³-hybridized carbons (Fsp3) is 0.562. The summed E-state index contributed by atoms with van der Waals surface area (Å²) >= 11 is 0. The quantitative estimate of drug-likeness (QED) is 0.436. The molecule has 0 saturated heterocycles. The molecule has 1 aromatic carbocycles. The summed E-state index contributed by atoms with van der Waals surface area (Å²) in [5.41, 5.74) is 3.97. The van der Waals surface area contributed by atoms with Crippen molar-refractivity contribution in [1.82, 2.24) is 10.3 Å². The van der Waals surface area contributed by atoms with Gasteiger partial charge in [0.05, 0.1) is 0 Å². The number of nitrogens with one attached hydrogen (secondary N) is 1. The lowest BCUT2D eigenvalue weighted by Crippen LogP contribution is -2.30. The Kier molecular flexibility index (Phi) is 7.26. The Morgan fingerprint density at radius 2 is 1.80 bits per heavy atom. The van der Waals surface area contributed by atoms with Crippen molar-refractivity contribution in [3.63, 3.8) is 0 Å². The Labute approximate surface area is 122 Å². The first kappa shape index (κ1) is 16.7. The Morgan fingerprint density at radius 3 is 2.25 bits per heavy atom. The zero-order valence-electron chi connectivity index (χ0n) is 12.9. The van der Waals surface area contributed by atoms with E-state index in [4.69, 9.17) is 5.84 Å². The summed E-state index contributed by atoms with van der Waals surface area (Å²) in [5.74, 6) is 5.63. The second-order valence-corrected chi connectivity index (χ2v) is 5.18. The van der Waals surface area contributed by atoms with Gasteiger partial charge in [-0.25, -0.2) is 5.84 Å². The van der Waals surface area contributed by atoms with E-state index in [1.807, 2.05) is 24.3 Å². The Balaban J connectivity index is 2.63. The predicted molar refractivity (Wildman–Crippen MR) is 83.1 cm³/mol. The lowest BCUT2D eigenvalue weighted by atomic mass is 10.0. The van der Waals surface area contributed by atoms with Gasteiger partial charge in [0, 0.05) is 18.7 Å². The minimum Gasteiger partial charge on any atom is -0.299 e. The molecule has 0 fully saturated rings. The van der Waals surface area contributed by atoms with Crippen molar-refractivity contribution < 1.29 is 4.79 Å². The van der Waals surface area contributed by atoms with Crippen LogP contribution in [0.15, 0.2) is 24.3 Å². The normalized spacial score (nSPS) is 11.1. The molecule has 1 amide bonds. The van der Waals surface area contributed by atoms with Crippen LogP contribution in [0.2, 0.25) is 0 Å². The molecule has 1 aromatic rings. The van der Waals surface area contributed by atoms with Gasteiger partial charge >= 0.3 is 0 Å². The van der Waals surface area contributed by atoms with E-state index in [2.05, 4.69) is 31.1 Å². The standard InChI is InChI=1S/C16H27N3O/c1-4-13(5-2)11-19(6-3)12-14-7-9-15(10-8-14)16(20)18-17/h7-10,13H,4-6,11-12,17H2,1-3H3,(H,18,20). The zero-order chi connectivity index (χ0) is 15.0. The molecule has 3 N–H and O–H groups in total. The van der Waals surface area contributed by atoms with Crippen LogP contribution in [-0.4, -0.2) is 23.9 Å². The van der Waals surface area contributed by atoms with E-state index in [1.165, 1.54) is 18.4 Å². The number of amides is 1. The molecule has 4 nitrogen and oxygen atoms in total. The molecule has 0 spiro atoms. The Bertz CT molecular complexity index is 399. The lowest BCUT2D eigenvalue weighted by Gasteiger charge is -2.25. The number of nitrogen functional groups attached to an aromatic ring is 1. The number of nitrogens with zero attached hydrogens (tertiary/aromatic N) is 1. The average molecular weight is 277 g/mol. The predicted octanol–water partition coefficient (Wildman–Crippen LogP) is 2.55. The van der Waals surface area contributed by atoms with Gasteiger partial charge in [0.1, 0.15) is 0 Å². The monoisotopic (exact) mass is 277 g/mol. The number of hydrogen-bond donors (Lipinski definition) is 2. The molecule has 0 aromatic heterocycles. The molecular weight excluding hydrogens is 250 g/mol. The van der Waals surface area contributed by atoms with E-state index in [1.54, 1.807) is 0 Å². The van der Waals surface area contributed by atoms with Crippen LogP contribution in [0.5, 0.6) is 0 Å². The molecule has 20 heavy (non-hydrogen) atoms. The van der Waals surface area contributed by atoms with E-state index >= 15 is 0 Å². The zero-order valence-corrected chi connectivity index (χ0v) is 12.9. The minimum absolute atomic E-state index is 0.249. The molecule has 0 aliphatic heterocycles. The van der Waals surface area contributed by atoms with Crippen LogP contribution in [0, 0.1) is 5.92 Å². The minimum atomic E-state index is -0.249. The second-order valence-electron chi connectivity index (χ2n) is 5.18. The van der Waals surface area contributed by atoms with Gasteiger partial charge in [-0.2, -0.15) is 0 Å². The summed E-state index contributed by atoms with van der Waals surface area (Å²) in [7, 11) is 0. The van der Waals surface area contributed by atoms with E-state index in [9.17, 15) is 4.79 Å². The van der Waals surface area contributed by atoms with Crippen LogP contribution < -0.4 is 11.3 Å². The highest BCUT2D eigenvalue weighted by atomic mass is 16.2. The first-order valence-corrected chi connectivity index (χ1v) is 7.46. The van der Waals surface area contributed by atoms with Crippen molar-refractivity contribution in [1.29, 1.82) is 0 Å². The summed E-state index contributed by atoms with van der Waals surface area (Å²) in [4.78, 5) is 13.8. The third-order valence-electron chi connectivity index (χ3n) is 3.87. The molecule has 0 bridgehead atoms. The van der Waals surface area contributed by atoms with E-state index in [0.717, 1.165) is 25.6 Å². The maximum atomic E-state index is 11.4. The molecule has 0 saturated carbocycles. The average Bonchev–Trinajstić information content (AvgIpc) is 2.51. The lowest BCUT2D eigenvalue weighted by molar-refractivity contribution is 0.0953. The third-order valence-corrected chi connectivity index (χ3v) is 3.87. The van der Waals surface area contributed by atoms with E-state index in [0.29, 0.717) is 5.56 Å². The number of rotatable bonds is 8. The Morgan fingerprint density at radius 1 is 1.20 bits per heavy atom. The highest BCUT2D eigenvalue weighted by Gasteiger charge is 2.11. The summed E-state index contributed by atoms with van der Waals surface area (Å²) in [6, 6.07) is 7.64. The summed E-state index contributed by atoms with van der Waals surface area (Å²) in [5, 5.41) is 0. The topological polar surface area (TPSA) is 58.4 Å². The van der Waals surface area contributed by atoms with Crippen molar-refractivity contribution in [3.05, 3.63) is 35.4 Å². The van der Waals surface area contributed by atoms with Gasteiger partial charge in [-0.05, 0) is 30.2 Å². The van der Waals surface area contributed by atoms with Crippen molar-refractivity contribution in [3.8, 4) is 0 Å². The van der Waals surface area contributed by atoms with Crippen molar-refractivity contribution in [2.45, 2.75) is 40.2 Å². The van der Waals surface area contributed by atoms with Crippen LogP contribution in [0.3, 0.4) is 0 Å². The maximum absolute atomic E-state index is 11.4. The van der Waals surface area contributed by atoms with Crippen molar-refractivity contribution in [2.75, 3.05) is 13.1 Å². The SMILES string of the molecule is CCC(CC)CN(CC)Cc1ccc(C(=O)NN)cc1. The molecule has 112 valence electrons. The molecule has 0 aliphatic carbocycles. The van der Waals surface area contributed by atoms with Gasteiger partial charge < -0.3 is 0 Å².